The fourth-order valence-electron chi connectivity index (χ4n) is 2.38. The van der Waals surface area contributed by atoms with Crippen LogP contribution in [0.4, 0.5) is 4.39 Å². The predicted molar refractivity (Wildman–Crippen MR) is 108 cm³/mol. The smallest absolute Gasteiger partial charge is 0.275 e. The average Bonchev–Trinajstić information content (AvgIpc) is 2.69. The number of benzene rings is 3. The first-order valence-electron chi connectivity index (χ1n) is 8.31. The number of hydrogen-bond donors (Lipinski definition) is 2. The molecule has 1 amide bonds. The second kappa shape index (κ2) is 9.14. The van der Waals surface area contributed by atoms with Gasteiger partial charge in [0.05, 0.1) is 11.8 Å². The van der Waals surface area contributed by atoms with Crippen LogP contribution < -0.4 is 10.2 Å². The van der Waals surface area contributed by atoms with Gasteiger partial charge in [-0.05, 0) is 48.0 Å². The topological polar surface area (TPSA) is 70.9 Å². The molecule has 3 aromatic carbocycles. The number of rotatable bonds is 6. The molecule has 28 heavy (non-hydrogen) atoms. The van der Waals surface area contributed by atoms with Crippen LogP contribution in [-0.2, 0) is 6.61 Å². The summed E-state index contributed by atoms with van der Waals surface area (Å²) in [4.78, 5) is 12.1. The number of halogens is 2. The van der Waals surface area contributed by atoms with Gasteiger partial charge in [0.2, 0.25) is 0 Å². The second-order valence-electron chi connectivity index (χ2n) is 5.81. The summed E-state index contributed by atoms with van der Waals surface area (Å²) in [5.41, 5.74) is 3.95. The number of carbonyl (C=O) groups excluding carboxylic acids is 1. The molecule has 0 aliphatic heterocycles. The van der Waals surface area contributed by atoms with Crippen molar-refractivity contribution in [2.24, 2.45) is 5.10 Å². The maximum Gasteiger partial charge on any atom is 0.275 e. The highest BCUT2D eigenvalue weighted by molar-refractivity contribution is 9.10. The standard InChI is InChI=1S/C21H16BrFN2O3/c22-16-7-10-20(28-13-14-5-8-17(23)9-6-14)15(11-16)12-24-25-21(27)18-3-1-2-4-19(18)26/h1-12,26H,13H2,(H,25,27)/b24-12+. The van der Waals surface area contributed by atoms with E-state index in [1.54, 1.807) is 36.4 Å². The first-order valence-corrected chi connectivity index (χ1v) is 9.10. The van der Waals surface area contributed by atoms with Crippen LogP contribution in [0.5, 0.6) is 11.5 Å². The molecular weight excluding hydrogens is 427 g/mol. The van der Waals surface area contributed by atoms with Crippen LogP contribution >= 0.6 is 15.9 Å². The lowest BCUT2D eigenvalue weighted by molar-refractivity contribution is 0.0952. The summed E-state index contributed by atoms with van der Waals surface area (Å²) in [6.07, 6.45) is 1.45. The fraction of sp³-hybridized carbons (Fsp3) is 0.0476. The maximum absolute atomic E-state index is 13.0. The molecule has 0 heterocycles. The van der Waals surface area contributed by atoms with Gasteiger partial charge in [-0.15, -0.1) is 0 Å². The van der Waals surface area contributed by atoms with Crippen LogP contribution in [-0.4, -0.2) is 17.2 Å². The molecule has 0 aliphatic carbocycles. The normalized spacial score (nSPS) is 10.8. The van der Waals surface area contributed by atoms with Gasteiger partial charge >= 0.3 is 0 Å². The van der Waals surface area contributed by atoms with Gasteiger partial charge in [0.25, 0.3) is 5.91 Å². The summed E-state index contributed by atoms with van der Waals surface area (Å²) in [6.45, 7) is 0.257. The molecule has 142 valence electrons. The van der Waals surface area contributed by atoms with Crippen LogP contribution in [0, 0.1) is 5.82 Å². The van der Waals surface area contributed by atoms with E-state index in [9.17, 15) is 14.3 Å². The highest BCUT2D eigenvalue weighted by atomic mass is 79.9. The minimum Gasteiger partial charge on any atom is -0.507 e. The first kappa shape index (κ1) is 19.6. The van der Waals surface area contributed by atoms with Crippen molar-refractivity contribution >= 4 is 28.1 Å². The van der Waals surface area contributed by atoms with E-state index in [0.29, 0.717) is 11.3 Å². The molecule has 0 saturated heterocycles. The quantitative estimate of drug-likeness (QED) is 0.431. The van der Waals surface area contributed by atoms with E-state index < -0.39 is 5.91 Å². The molecule has 0 bridgehead atoms. The number of hydrogen-bond acceptors (Lipinski definition) is 4. The van der Waals surface area contributed by atoms with Gasteiger partial charge in [0, 0.05) is 10.0 Å². The molecule has 5 nitrogen and oxygen atoms in total. The second-order valence-corrected chi connectivity index (χ2v) is 6.73. The van der Waals surface area contributed by atoms with Crippen LogP contribution in [0.3, 0.4) is 0 Å². The molecule has 0 aromatic heterocycles. The number of amides is 1. The molecule has 0 atom stereocenters. The van der Waals surface area contributed by atoms with Crippen molar-refractivity contribution in [2.45, 2.75) is 6.61 Å². The number of phenolic OH excluding ortho intramolecular Hbond substituents is 1. The van der Waals surface area contributed by atoms with Crippen molar-refractivity contribution in [1.29, 1.82) is 0 Å². The zero-order chi connectivity index (χ0) is 19.9. The number of hydrazone groups is 1. The third kappa shape index (κ3) is 5.17. The molecule has 7 heteroatoms. The SMILES string of the molecule is O=C(N/N=C/c1cc(Br)ccc1OCc1ccc(F)cc1)c1ccccc1O. The minimum atomic E-state index is -0.530. The van der Waals surface area contributed by atoms with Gasteiger partial charge in [0.1, 0.15) is 23.9 Å². The lowest BCUT2D eigenvalue weighted by Crippen LogP contribution is -2.17. The van der Waals surface area contributed by atoms with Crippen molar-refractivity contribution in [3.8, 4) is 11.5 Å². The third-order valence-corrected chi connectivity index (χ3v) is 4.29. The Labute approximate surface area is 169 Å². The van der Waals surface area contributed by atoms with Gasteiger partial charge in [-0.2, -0.15) is 5.10 Å². The lowest BCUT2D eigenvalue weighted by Gasteiger charge is -2.10. The van der Waals surface area contributed by atoms with E-state index in [1.807, 2.05) is 6.07 Å². The van der Waals surface area contributed by atoms with Gasteiger partial charge in [-0.3, -0.25) is 4.79 Å². The van der Waals surface area contributed by atoms with Gasteiger partial charge < -0.3 is 9.84 Å². The van der Waals surface area contributed by atoms with Crippen molar-refractivity contribution in [3.63, 3.8) is 0 Å². The summed E-state index contributed by atoms with van der Waals surface area (Å²) in [5, 5.41) is 13.7. The first-order chi connectivity index (χ1) is 13.5. The summed E-state index contributed by atoms with van der Waals surface area (Å²) in [6, 6.07) is 17.6. The fourth-order valence-corrected chi connectivity index (χ4v) is 2.76. The molecule has 0 saturated carbocycles. The van der Waals surface area contributed by atoms with E-state index in [1.165, 1.54) is 30.5 Å². The van der Waals surface area contributed by atoms with Crippen LogP contribution in [0.1, 0.15) is 21.5 Å². The lowest BCUT2D eigenvalue weighted by atomic mass is 10.2. The summed E-state index contributed by atoms with van der Waals surface area (Å²) < 4.78 is 19.6. The van der Waals surface area contributed by atoms with Gasteiger partial charge in [-0.25, -0.2) is 9.82 Å². The number of para-hydroxylation sites is 1. The van der Waals surface area contributed by atoms with E-state index >= 15 is 0 Å². The highest BCUT2D eigenvalue weighted by Crippen LogP contribution is 2.23. The molecule has 2 N–H and O–H groups in total. The Morgan fingerprint density at radius 2 is 1.89 bits per heavy atom. The Morgan fingerprint density at radius 1 is 1.14 bits per heavy atom. The Balaban J connectivity index is 1.69. The summed E-state index contributed by atoms with van der Waals surface area (Å²) in [5.74, 6) is -0.410. The Kier molecular flexibility index (Phi) is 6.39. The molecule has 0 aliphatic rings. The molecule has 0 unspecified atom stereocenters. The monoisotopic (exact) mass is 442 g/mol. The zero-order valence-corrected chi connectivity index (χ0v) is 16.2. The molecule has 3 rings (SSSR count). The third-order valence-electron chi connectivity index (χ3n) is 3.80. The van der Waals surface area contributed by atoms with E-state index in [-0.39, 0.29) is 23.7 Å². The van der Waals surface area contributed by atoms with Crippen molar-refractivity contribution in [2.75, 3.05) is 0 Å². The summed E-state index contributed by atoms with van der Waals surface area (Å²) >= 11 is 3.39. The van der Waals surface area contributed by atoms with Crippen LogP contribution in [0.15, 0.2) is 76.3 Å². The molecule has 0 radical (unpaired) electrons. The van der Waals surface area contributed by atoms with Crippen LogP contribution in [0.25, 0.3) is 0 Å². The Bertz CT molecular complexity index is 1010. The van der Waals surface area contributed by atoms with Gasteiger partial charge in [0.15, 0.2) is 0 Å². The number of nitrogens with one attached hydrogen (secondary N) is 1. The maximum atomic E-state index is 13.0. The molecule has 3 aromatic rings. The Hall–Kier alpha value is -3.19. The number of phenols is 1. The van der Waals surface area contributed by atoms with E-state index in [2.05, 4.69) is 26.5 Å². The minimum absolute atomic E-state index is 0.124. The number of ether oxygens (including phenoxy) is 1. The van der Waals surface area contributed by atoms with E-state index in [4.69, 9.17) is 4.74 Å². The summed E-state index contributed by atoms with van der Waals surface area (Å²) in [7, 11) is 0. The van der Waals surface area contributed by atoms with E-state index in [0.717, 1.165) is 10.0 Å². The largest absolute Gasteiger partial charge is 0.507 e. The molecule has 0 fully saturated rings. The number of nitrogens with zero attached hydrogens (tertiary/aromatic N) is 1. The average molecular weight is 443 g/mol. The molecule has 0 spiro atoms. The number of aromatic hydroxyl groups is 1. The predicted octanol–water partition coefficient (Wildman–Crippen LogP) is 4.64. The highest BCUT2D eigenvalue weighted by Gasteiger charge is 2.09. The van der Waals surface area contributed by atoms with Gasteiger partial charge in [-0.1, -0.05) is 40.2 Å². The van der Waals surface area contributed by atoms with Crippen molar-refractivity contribution < 1.29 is 19.0 Å². The molecular formula is C21H16BrFN2O3. The van der Waals surface area contributed by atoms with Crippen molar-refractivity contribution in [1.82, 2.24) is 5.43 Å². The van der Waals surface area contributed by atoms with Crippen LogP contribution in [0.2, 0.25) is 0 Å². The van der Waals surface area contributed by atoms with Crippen molar-refractivity contribution in [3.05, 3.63) is 93.7 Å². The zero-order valence-electron chi connectivity index (χ0n) is 14.6. The Morgan fingerprint density at radius 3 is 2.64 bits per heavy atom. The number of carbonyl (C=O) groups is 1.